The summed E-state index contributed by atoms with van der Waals surface area (Å²) in [6, 6.07) is 7.01. The first kappa shape index (κ1) is 17.1. The summed E-state index contributed by atoms with van der Waals surface area (Å²) in [4.78, 5) is 24.2. The third-order valence-corrected chi connectivity index (χ3v) is 4.23. The van der Waals surface area contributed by atoms with Gasteiger partial charge in [-0.2, -0.15) is 0 Å². The summed E-state index contributed by atoms with van der Waals surface area (Å²) >= 11 is 0. The number of amides is 1. The van der Waals surface area contributed by atoms with Crippen molar-refractivity contribution in [1.82, 2.24) is 20.3 Å². The molecule has 7 heteroatoms. The van der Waals surface area contributed by atoms with Crippen LogP contribution in [0.15, 0.2) is 29.1 Å². The lowest BCUT2D eigenvalue weighted by Gasteiger charge is -2.26. The highest BCUT2D eigenvalue weighted by Crippen LogP contribution is 2.09. The van der Waals surface area contributed by atoms with Crippen molar-refractivity contribution in [2.24, 2.45) is 5.73 Å². The Bertz CT molecular complexity index is 737. The lowest BCUT2D eigenvalue weighted by Crippen LogP contribution is -2.49. The smallest absolute Gasteiger partial charge is 0.277 e. The van der Waals surface area contributed by atoms with E-state index in [0.717, 1.165) is 12.8 Å². The average molecular weight is 317 g/mol. The minimum Gasteiger partial charge on any atom is -0.354 e. The maximum Gasteiger partial charge on any atom is 0.277 e. The molecule has 3 N–H and O–H groups in total. The number of carbonyl (C=O) groups is 1. The molecule has 1 heterocycles. The monoisotopic (exact) mass is 317 g/mol. The number of aromatic nitrogens is 3. The molecule has 0 aliphatic heterocycles. The summed E-state index contributed by atoms with van der Waals surface area (Å²) in [5, 5.41) is 11.2. The van der Waals surface area contributed by atoms with Crippen LogP contribution in [0.4, 0.5) is 0 Å². The van der Waals surface area contributed by atoms with E-state index in [1.165, 1.54) is 4.68 Å². The quantitative estimate of drug-likeness (QED) is 0.787. The molecule has 0 saturated carbocycles. The number of hydrogen-bond acceptors (Lipinski definition) is 5. The van der Waals surface area contributed by atoms with Gasteiger partial charge in [0.1, 0.15) is 5.52 Å². The van der Waals surface area contributed by atoms with Gasteiger partial charge in [-0.15, -0.1) is 5.10 Å². The molecule has 7 nitrogen and oxygen atoms in total. The summed E-state index contributed by atoms with van der Waals surface area (Å²) in [6.45, 7) is 4.62. The van der Waals surface area contributed by atoms with E-state index < -0.39 is 0 Å². The number of rotatable bonds is 7. The molecule has 0 fully saturated rings. The molecule has 0 atom stereocenters. The summed E-state index contributed by atoms with van der Waals surface area (Å²) in [5.74, 6) is -0.149. The van der Waals surface area contributed by atoms with Crippen LogP contribution in [0.1, 0.15) is 33.1 Å². The number of nitrogens with zero attached hydrogens (tertiary/aromatic N) is 3. The normalized spacial score (nSPS) is 11.6. The van der Waals surface area contributed by atoms with E-state index in [0.29, 0.717) is 17.4 Å². The van der Waals surface area contributed by atoms with Crippen molar-refractivity contribution >= 4 is 16.8 Å². The number of fused-ring (bicyclic) bond motifs is 1. The highest BCUT2D eigenvalue weighted by Gasteiger charge is 2.20. The highest BCUT2D eigenvalue weighted by atomic mass is 16.2. The van der Waals surface area contributed by atoms with E-state index in [-0.39, 0.29) is 30.0 Å². The first-order valence-electron chi connectivity index (χ1n) is 7.87. The van der Waals surface area contributed by atoms with Gasteiger partial charge in [-0.3, -0.25) is 9.59 Å². The molecule has 0 unspecified atom stereocenters. The fraction of sp³-hybridized carbons (Fsp3) is 0.500. The Morgan fingerprint density at radius 1 is 1.30 bits per heavy atom. The van der Waals surface area contributed by atoms with Gasteiger partial charge in [0.05, 0.1) is 11.9 Å². The zero-order chi connectivity index (χ0) is 16.9. The standard InChI is InChI=1S/C16H23N5O2/c1-3-16(17,4-2)11-18-14(22)9-10-21-15(23)12-7-5-6-8-13(12)19-20-21/h5-8H,3-4,9-11,17H2,1-2H3,(H,18,22). The Morgan fingerprint density at radius 2 is 2.00 bits per heavy atom. The molecule has 124 valence electrons. The molecule has 1 amide bonds. The van der Waals surface area contributed by atoms with Crippen LogP contribution in [-0.4, -0.2) is 33.0 Å². The van der Waals surface area contributed by atoms with Crippen LogP contribution in [0.2, 0.25) is 0 Å². The Balaban J connectivity index is 1.97. The molecule has 1 aromatic carbocycles. The van der Waals surface area contributed by atoms with Crippen LogP contribution in [0.25, 0.3) is 10.9 Å². The van der Waals surface area contributed by atoms with Crippen LogP contribution < -0.4 is 16.6 Å². The largest absolute Gasteiger partial charge is 0.354 e. The SMILES string of the molecule is CCC(N)(CC)CNC(=O)CCn1nnc2ccccc2c1=O. The molecule has 0 aliphatic carbocycles. The molecule has 1 aromatic heterocycles. The maximum atomic E-state index is 12.3. The fourth-order valence-electron chi connectivity index (χ4n) is 2.24. The van der Waals surface area contributed by atoms with Gasteiger partial charge in [0.25, 0.3) is 5.56 Å². The first-order valence-corrected chi connectivity index (χ1v) is 7.87. The van der Waals surface area contributed by atoms with Crippen LogP contribution in [0.3, 0.4) is 0 Å². The number of benzene rings is 1. The van der Waals surface area contributed by atoms with Gasteiger partial charge in [-0.05, 0) is 25.0 Å². The first-order chi connectivity index (χ1) is 11.0. The third kappa shape index (κ3) is 4.13. The molecule has 23 heavy (non-hydrogen) atoms. The number of nitrogens with two attached hydrogens (primary N) is 1. The predicted octanol–water partition coefficient (Wildman–Crippen LogP) is 0.815. The van der Waals surface area contributed by atoms with Crippen molar-refractivity contribution in [3.05, 3.63) is 34.6 Å². The second kappa shape index (κ2) is 7.32. The molecule has 2 rings (SSSR count). The third-order valence-electron chi connectivity index (χ3n) is 4.23. The zero-order valence-corrected chi connectivity index (χ0v) is 13.6. The van der Waals surface area contributed by atoms with E-state index in [1.54, 1.807) is 24.3 Å². The summed E-state index contributed by atoms with van der Waals surface area (Å²) < 4.78 is 1.22. The lowest BCUT2D eigenvalue weighted by atomic mass is 9.94. The zero-order valence-electron chi connectivity index (χ0n) is 13.6. The van der Waals surface area contributed by atoms with Crippen molar-refractivity contribution < 1.29 is 4.79 Å². The lowest BCUT2D eigenvalue weighted by molar-refractivity contribution is -0.121. The van der Waals surface area contributed by atoms with Gasteiger partial charge < -0.3 is 11.1 Å². The van der Waals surface area contributed by atoms with Crippen LogP contribution in [0.5, 0.6) is 0 Å². The van der Waals surface area contributed by atoms with Crippen molar-refractivity contribution in [2.75, 3.05) is 6.54 Å². The second-order valence-electron chi connectivity index (χ2n) is 5.73. The molecule has 0 aliphatic rings. The van der Waals surface area contributed by atoms with Gasteiger partial charge in [0.15, 0.2) is 0 Å². The maximum absolute atomic E-state index is 12.3. The predicted molar refractivity (Wildman–Crippen MR) is 88.9 cm³/mol. The van der Waals surface area contributed by atoms with E-state index >= 15 is 0 Å². The Morgan fingerprint density at radius 3 is 2.70 bits per heavy atom. The van der Waals surface area contributed by atoms with Gasteiger partial charge in [-0.1, -0.05) is 31.2 Å². The average Bonchev–Trinajstić information content (AvgIpc) is 2.59. The Labute approximate surface area is 134 Å². The van der Waals surface area contributed by atoms with Crippen molar-refractivity contribution in [3.8, 4) is 0 Å². The van der Waals surface area contributed by atoms with E-state index in [1.807, 2.05) is 13.8 Å². The summed E-state index contributed by atoms with van der Waals surface area (Å²) in [6.07, 6.45) is 1.75. The van der Waals surface area contributed by atoms with Crippen LogP contribution >= 0.6 is 0 Å². The summed E-state index contributed by atoms with van der Waals surface area (Å²) in [5.41, 5.74) is 6.08. The highest BCUT2D eigenvalue weighted by molar-refractivity contribution is 5.77. The number of hydrogen-bond donors (Lipinski definition) is 2. The van der Waals surface area contributed by atoms with E-state index in [4.69, 9.17) is 5.73 Å². The van der Waals surface area contributed by atoms with Crippen LogP contribution in [0, 0.1) is 0 Å². The topological polar surface area (TPSA) is 103 Å². The summed E-state index contributed by atoms with van der Waals surface area (Å²) in [7, 11) is 0. The number of nitrogens with one attached hydrogen (secondary N) is 1. The molecule has 0 bridgehead atoms. The van der Waals surface area contributed by atoms with Gasteiger partial charge >= 0.3 is 0 Å². The fourth-order valence-corrected chi connectivity index (χ4v) is 2.24. The minimum absolute atomic E-state index is 0.149. The minimum atomic E-state index is -0.380. The van der Waals surface area contributed by atoms with E-state index in [9.17, 15) is 9.59 Å². The molecular weight excluding hydrogens is 294 g/mol. The van der Waals surface area contributed by atoms with Gasteiger partial charge in [-0.25, -0.2) is 4.68 Å². The van der Waals surface area contributed by atoms with Crippen molar-refractivity contribution in [2.45, 2.75) is 45.2 Å². The Hall–Kier alpha value is -2.28. The van der Waals surface area contributed by atoms with Gasteiger partial charge in [0.2, 0.25) is 5.91 Å². The Kier molecular flexibility index (Phi) is 5.44. The van der Waals surface area contributed by atoms with Crippen LogP contribution in [-0.2, 0) is 11.3 Å². The van der Waals surface area contributed by atoms with Crippen molar-refractivity contribution in [1.29, 1.82) is 0 Å². The molecule has 0 spiro atoms. The van der Waals surface area contributed by atoms with Gasteiger partial charge in [0, 0.05) is 18.5 Å². The molecule has 2 aromatic rings. The number of aryl methyl sites for hydroxylation is 1. The van der Waals surface area contributed by atoms with Crippen molar-refractivity contribution in [3.63, 3.8) is 0 Å². The molecular formula is C16H23N5O2. The molecule has 0 radical (unpaired) electrons. The van der Waals surface area contributed by atoms with E-state index in [2.05, 4.69) is 15.6 Å². The second-order valence-corrected chi connectivity index (χ2v) is 5.73. The molecule has 0 saturated heterocycles. The number of carbonyl (C=O) groups excluding carboxylic acids is 1.